The molecule has 5 N–H and O–H groups in total. The van der Waals surface area contributed by atoms with Crippen LogP contribution >= 0.6 is 0 Å². The molecular formula is C40H46N4O7. The Bertz CT molecular complexity index is 1940. The molecule has 3 atom stereocenters. The zero-order chi connectivity index (χ0) is 35.4. The van der Waals surface area contributed by atoms with Crippen LogP contribution in [0.25, 0.3) is 10.9 Å². The molecule has 4 aliphatic rings. The number of aryl methyl sites for hydroxylation is 1. The molecule has 3 saturated heterocycles. The van der Waals surface area contributed by atoms with Crippen LogP contribution < -0.4 is 16.2 Å². The number of nitrogens with one attached hydrogen (secondary N) is 3. The van der Waals surface area contributed by atoms with Crippen LogP contribution in [-0.2, 0) is 32.8 Å². The van der Waals surface area contributed by atoms with Gasteiger partial charge in [0.2, 0.25) is 5.56 Å². The highest BCUT2D eigenvalue weighted by atomic mass is 16.5. The van der Waals surface area contributed by atoms with Crippen molar-refractivity contribution >= 4 is 22.8 Å². The lowest BCUT2D eigenvalue weighted by Gasteiger charge is -2.45. The van der Waals surface area contributed by atoms with Gasteiger partial charge >= 0.3 is 5.97 Å². The predicted octanol–water partition coefficient (Wildman–Crippen LogP) is 4.06. The molecule has 1 aliphatic carbocycles. The highest BCUT2D eigenvalue weighted by Crippen LogP contribution is 2.40. The number of nitrogens with zero attached hydrogens (tertiary/aromatic N) is 1. The van der Waals surface area contributed by atoms with E-state index in [-0.39, 0.29) is 29.3 Å². The van der Waals surface area contributed by atoms with E-state index in [9.17, 15) is 24.6 Å². The maximum absolute atomic E-state index is 14.0. The van der Waals surface area contributed by atoms with Gasteiger partial charge in [0.05, 0.1) is 18.2 Å². The highest BCUT2D eigenvalue weighted by Gasteiger charge is 2.50. The van der Waals surface area contributed by atoms with E-state index in [1.807, 2.05) is 42.5 Å². The first-order valence-electron chi connectivity index (χ1n) is 18.1. The number of esters is 1. The van der Waals surface area contributed by atoms with Crippen molar-refractivity contribution in [1.82, 2.24) is 20.5 Å². The van der Waals surface area contributed by atoms with Gasteiger partial charge in [-0.15, -0.1) is 0 Å². The minimum Gasteiger partial charge on any atom is -0.506 e. The number of aromatic amines is 1. The number of piperidine rings is 3. The van der Waals surface area contributed by atoms with Crippen molar-refractivity contribution in [3.8, 4) is 5.75 Å². The number of hydrogen-bond acceptors (Lipinski definition) is 9. The molecule has 3 aromatic carbocycles. The van der Waals surface area contributed by atoms with Crippen molar-refractivity contribution in [2.24, 2.45) is 5.92 Å². The summed E-state index contributed by atoms with van der Waals surface area (Å²) in [4.78, 5) is 44.5. The molecule has 2 bridgehead atoms. The van der Waals surface area contributed by atoms with E-state index in [0.717, 1.165) is 62.0 Å². The summed E-state index contributed by atoms with van der Waals surface area (Å²) >= 11 is 0. The van der Waals surface area contributed by atoms with E-state index in [1.165, 1.54) is 12.1 Å². The second kappa shape index (κ2) is 15.4. The fraction of sp³-hybridized carbons (Fsp3) is 0.425. The van der Waals surface area contributed by atoms with Gasteiger partial charge in [0.25, 0.3) is 5.91 Å². The van der Waals surface area contributed by atoms with Gasteiger partial charge in [-0.25, -0.2) is 4.79 Å². The van der Waals surface area contributed by atoms with Gasteiger partial charge in [-0.3, -0.25) is 14.5 Å². The van der Waals surface area contributed by atoms with Gasteiger partial charge in [0.15, 0.2) is 5.54 Å². The molecule has 268 valence electrons. The molecule has 11 nitrogen and oxygen atoms in total. The Balaban J connectivity index is 0.889. The molecule has 0 spiro atoms. The quantitative estimate of drug-likeness (QED) is 0.0972. The van der Waals surface area contributed by atoms with Gasteiger partial charge in [-0.05, 0) is 111 Å². The normalized spacial score (nSPS) is 22.8. The zero-order valence-corrected chi connectivity index (χ0v) is 28.7. The number of benzene rings is 3. The van der Waals surface area contributed by atoms with Crippen molar-refractivity contribution in [2.45, 2.75) is 62.9 Å². The number of phenolic OH excluding ortho intramolecular Hbond substituents is 1. The standard InChI is InChI=1S/C40H46N4O7/c45-33-12-10-30(31-11-13-36(47)42-37(31)33)34(46)23-41-18-3-4-21-50-25-26-6-5-8-29(22-26)38(48)43-40(17-14-27-7-1-2-9-32(27)40)39(49)51-35-24-44-19-15-28(35)16-20-44/h1-2,5-13,22,28,34-35,41,45-46H,3-4,14-21,23-25H2,(H,42,47)(H,43,48)/t34-,35-,40?/m0/s1. The van der Waals surface area contributed by atoms with Crippen LogP contribution in [0, 0.1) is 5.92 Å². The lowest BCUT2D eigenvalue weighted by Crippen LogP contribution is -2.56. The summed E-state index contributed by atoms with van der Waals surface area (Å²) in [6.45, 7) is 4.74. The molecule has 0 radical (unpaired) electrons. The maximum atomic E-state index is 14.0. The molecule has 11 heteroatoms. The molecule has 1 aromatic heterocycles. The van der Waals surface area contributed by atoms with Crippen LogP contribution in [0.15, 0.2) is 77.6 Å². The van der Waals surface area contributed by atoms with E-state index in [1.54, 1.807) is 18.2 Å². The van der Waals surface area contributed by atoms with E-state index < -0.39 is 11.6 Å². The molecule has 1 unspecified atom stereocenters. The molecule has 4 heterocycles. The SMILES string of the molecule is O=C(NC1(C(=O)O[C@H]2CN3CCC2CC3)CCc2ccccc21)c1cccc(COCCCCNC[C@H](O)c2ccc(O)c3[nH]c(=O)ccc23)c1. The third-order valence-electron chi connectivity index (χ3n) is 10.7. The summed E-state index contributed by atoms with van der Waals surface area (Å²) < 4.78 is 12.2. The first kappa shape index (κ1) is 34.9. The van der Waals surface area contributed by atoms with Crippen molar-refractivity contribution in [2.75, 3.05) is 39.3 Å². The number of carbonyl (C=O) groups is 2. The lowest BCUT2D eigenvalue weighted by atomic mass is 9.85. The Kier molecular flexibility index (Phi) is 10.5. The van der Waals surface area contributed by atoms with Crippen LogP contribution in [0.4, 0.5) is 0 Å². The largest absolute Gasteiger partial charge is 0.506 e. The number of aliphatic hydroxyl groups is 1. The highest BCUT2D eigenvalue weighted by molar-refractivity contribution is 5.99. The minimum atomic E-state index is -1.23. The maximum Gasteiger partial charge on any atom is 0.336 e. The number of aromatic nitrogens is 1. The van der Waals surface area contributed by atoms with E-state index in [4.69, 9.17) is 9.47 Å². The van der Waals surface area contributed by atoms with Gasteiger partial charge in [0, 0.05) is 36.7 Å². The summed E-state index contributed by atoms with van der Waals surface area (Å²) in [6.07, 6.45) is 3.90. The number of ether oxygens (including phenoxy) is 2. The Morgan fingerprint density at radius 3 is 2.69 bits per heavy atom. The number of aromatic hydroxyl groups is 1. The number of fused-ring (bicyclic) bond motifs is 5. The van der Waals surface area contributed by atoms with Crippen LogP contribution in [0.1, 0.15) is 70.8 Å². The summed E-state index contributed by atoms with van der Waals surface area (Å²) in [5.41, 5.74) is 2.59. The fourth-order valence-electron chi connectivity index (χ4n) is 7.90. The number of rotatable bonds is 14. The third kappa shape index (κ3) is 7.57. The molecular weight excluding hydrogens is 648 g/mol. The lowest BCUT2D eigenvalue weighted by molar-refractivity contribution is -0.167. The first-order valence-corrected chi connectivity index (χ1v) is 18.1. The Hall–Kier alpha value is -4.55. The average Bonchev–Trinajstić information content (AvgIpc) is 3.53. The Morgan fingerprint density at radius 2 is 1.86 bits per heavy atom. The topological polar surface area (TPSA) is 153 Å². The number of aliphatic hydroxyl groups excluding tert-OH is 1. The molecule has 3 aliphatic heterocycles. The van der Waals surface area contributed by atoms with Crippen LogP contribution in [-0.4, -0.2) is 77.4 Å². The van der Waals surface area contributed by atoms with Crippen LogP contribution in [0.5, 0.6) is 5.75 Å². The summed E-state index contributed by atoms with van der Waals surface area (Å²) in [5.74, 6) is -0.353. The van der Waals surface area contributed by atoms with E-state index in [2.05, 4.69) is 20.5 Å². The number of carbonyl (C=O) groups excluding carboxylic acids is 2. The van der Waals surface area contributed by atoms with Crippen LogP contribution in [0.2, 0.25) is 0 Å². The van der Waals surface area contributed by atoms with Gasteiger partial charge in [-0.1, -0.05) is 42.5 Å². The number of hydrogen-bond donors (Lipinski definition) is 5. The van der Waals surface area contributed by atoms with Crippen molar-refractivity contribution in [1.29, 1.82) is 0 Å². The number of unbranched alkanes of at least 4 members (excludes halogenated alkanes) is 1. The molecule has 1 amide bonds. The monoisotopic (exact) mass is 694 g/mol. The van der Waals surface area contributed by atoms with Crippen molar-refractivity contribution in [3.63, 3.8) is 0 Å². The second-order valence-electron chi connectivity index (χ2n) is 14.1. The Morgan fingerprint density at radius 1 is 1.02 bits per heavy atom. The average molecular weight is 695 g/mol. The van der Waals surface area contributed by atoms with E-state index in [0.29, 0.717) is 67.1 Å². The summed E-state index contributed by atoms with van der Waals surface area (Å²) in [7, 11) is 0. The molecule has 8 rings (SSSR count). The summed E-state index contributed by atoms with van der Waals surface area (Å²) in [5, 5.41) is 27.8. The smallest absolute Gasteiger partial charge is 0.336 e. The number of pyridine rings is 1. The first-order chi connectivity index (χ1) is 24.8. The molecule has 3 fully saturated rings. The third-order valence-corrected chi connectivity index (χ3v) is 10.7. The molecule has 51 heavy (non-hydrogen) atoms. The van der Waals surface area contributed by atoms with Gasteiger partial charge < -0.3 is 35.3 Å². The number of phenols is 1. The van der Waals surface area contributed by atoms with Crippen molar-refractivity contribution < 1.29 is 29.3 Å². The molecule has 4 aromatic rings. The number of amides is 1. The van der Waals surface area contributed by atoms with E-state index >= 15 is 0 Å². The second-order valence-corrected chi connectivity index (χ2v) is 14.1. The van der Waals surface area contributed by atoms with Crippen molar-refractivity contribution in [3.05, 3.63) is 111 Å². The fourth-order valence-corrected chi connectivity index (χ4v) is 7.90. The summed E-state index contributed by atoms with van der Waals surface area (Å²) in [6, 6.07) is 21.3. The van der Waals surface area contributed by atoms with Crippen LogP contribution in [0.3, 0.4) is 0 Å². The number of H-pyrrole nitrogens is 1. The zero-order valence-electron chi connectivity index (χ0n) is 28.7. The Labute approximate surface area is 297 Å². The predicted molar refractivity (Wildman–Crippen MR) is 192 cm³/mol. The van der Waals surface area contributed by atoms with Gasteiger partial charge in [-0.2, -0.15) is 0 Å². The molecule has 0 saturated carbocycles. The van der Waals surface area contributed by atoms with Gasteiger partial charge in [0.1, 0.15) is 11.9 Å². The minimum absolute atomic E-state index is 0.0399.